The predicted octanol–water partition coefficient (Wildman–Crippen LogP) is 2.88. The van der Waals surface area contributed by atoms with Crippen LogP contribution in [0.2, 0.25) is 0 Å². The summed E-state index contributed by atoms with van der Waals surface area (Å²) in [5.41, 5.74) is 3.75. The summed E-state index contributed by atoms with van der Waals surface area (Å²) in [6.45, 7) is 3.76. The molecule has 0 spiro atoms. The molecule has 4 nitrogen and oxygen atoms in total. The van der Waals surface area contributed by atoms with Crippen molar-refractivity contribution in [1.29, 1.82) is 0 Å². The Labute approximate surface area is 125 Å². The highest BCUT2D eigenvalue weighted by Gasteiger charge is 2.14. The lowest BCUT2D eigenvalue weighted by Gasteiger charge is -2.15. The number of nitrogens with one attached hydrogen (secondary N) is 1. The van der Waals surface area contributed by atoms with Gasteiger partial charge in [-0.15, -0.1) is 0 Å². The van der Waals surface area contributed by atoms with Gasteiger partial charge in [-0.2, -0.15) is 0 Å². The van der Waals surface area contributed by atoms with E-state index >= 15 is 0 Å². The fraction of sp³-hybridized carbons (Fsp3) is 0.353. The van der Waals surface area contributed by atoms with Gasteiger partial charge in [0.05, 0.1) is 13.7 Å². The standard InChI is InChI=1S/C17H20N2O2/c1-12(14-4-5-16-15(9-14)7-8-21-16)18-10-13-3-6-17(20-2)19-11-13/h3-6,9,11-12,18H,7-8,10H2,1-2H3. The quantitative estimate of drug-likeness (QED) is 0.917. The number of hydrogen-bond donors (Lipinski definition) is 1. The van der Waals surface area contributed by atoms with Crippen molar-refractivity contribution >= 4 is 0 Å². The number of benzene rings is 1. The number of hydrogen-bond acceptors (Lipinski definition) is 4. The van der Waals surface area contributed by atoms with Crippen LogP contribution in [-0.4, -0.2) is 18.7 Å². The molecule has 3 rings (SSSR count). The molecular weight excluding hydrogens is 264 g/mol. The summed E-state index contributed by atoms with van der Waals surface area (Å²) in [4.78, 5) is 4.22. The smallest absolute Gasteiger partial charge is 0.212 e. The minimum absolute atomic E-state index is 0.290. The van der Waals surface area contributed by atoms with Crippen LogP contribution in [0.4, 0.5) is 0 Å². The highest BCUT2D eigenvalue weighted by atomic mass is 16.5. The molecule has 4 heteroatoms. The number of aromatic nitrogens is 1. The minimum Gasteiger partial charge on any atom is -0.493 e. The SMILES string of the molecule is COc1ccc(CNC(C)c2ccc3c(c2)CCO3)cn1. The zero-order valence-electron chi connectivity index (χ0n) is 12.4. The summed E-state index contributed by atoms with van der Waals surface area (Å²) in [7, 11) is 1.62. The van der Waals surface area contributed by atoms with Gasteiger partial charge in [0.15, 0.2) is 0 Å². The lowest BCUT2D eigenvalue weighted by molar-refractivity contribution is 0.356. The predicted molar refractivity (Wildman–Crippen MR) is 81.7 cm³/mol. The number of rotatable bonds is 5. The first-order valence-electron chi connectivity index (χ1n) is 7.24. The first-order valence-corrected chi connectivity index (χ1v) is 7.24. The fourth-order valence-corrected chi connectivity index (χ4v) is 2.50. The topological polar surface area (TPSA) is 43.4 Å². The second-order valence-electron chi connectivity index (χ2n) is 5.28. The molecule has 1 aromatic carbocycles. The van der Waals surface area contributed by atoms with Crippen molar-refractivity contribution in [1.82, 2.24) is 10.3 Å². The van der Waals surface area contributed by atoms with Crippen LogP contribution < -0.4 is 14.8 Å². The van der Waals surface area contributed by atoms with Crippen LogP contribution in [0.5, 0.6) is 11.6 Å². The van der Waals surface area contributed by atoms with Gasteiger partial charge < -0.3 is 14.8 Å². The second-order valence-corrected chi connectivity index (χ2v) is 5.28. The number of nitrogens with zero attached hydrogens (tertiary/aromatic N) is 1. The monoisotopic (exact) mass is 284 g/mol. The number of pyridine rings is 1. The average molecular weight is 284 g/mol. The molecule has 1 aliphatic heterocycles. The van der Waals surface area contributed by atoms with Gasteiger partial charge in [-0.3, -0.25) is 0 Å². The van der Waals surface area contributed by atoms with Crippen molar-refractivity contribution in [3.05, 3.63) is 53.2 Å². The Hall–Kier alpha value is -2.07. The zero-order valence-corrected chi connectivity index (χ0v) is 12.4. The van der Waals surface area contributed by atoms with Crippen LogP contribution in [-0.2, 0) is 13.0 Å². The van der Waals surface area contributed by atoms with Gasteiger partial charge in [-0.05, 0) is 29.7 Å². The summed E-state index contributed by atoms with van der Waals surface area (Å²) in [6.07, 6.45) is 2.85. The lowest BCUT2D eigenvalue weighted by atomic mass is 10.0. The van der Waals surface area contributed by atoms with E-state index in [0.717, 1.165) is 30.9 Å². The van der Waals surface area contributed by atoms with E-state index in [0.29, 0.717) is 5.88 Å². The molecular formula is C17H20N2O2. The fourth-order valence-electron chi connectivity index (χ4n) is 2.50. The summed E-state index contributed by atoms with van der Waals surface area (Å²) in [5, 5.41) is 3.52. The van der Waals surface area contributed by atoms with Crippen molar-refractivity contribution in [3.63, 3.8) is 0 Å². The van der Waals surface area contributed by atoms with Crippen LogP contribution in [0.3, 0.4) is 0 Å². The summed E-state index contributed by atoms with van der Waals surface area (Å²) < 4.78 is 10.6. The van der Waals surface area contributed by atoms with Crippen molar-refractivity contribution < 1.29 is 9.47 Å². The molecule has 1 atom stereocenters. The molecule has 0 amide bonds. The number of methoxy groups -OCH3 is 1. The van der Waals surface area contributed by atoms with E-state index in [2.05, 4.69) is 35.4 Å². The van der Waals surface area contributed by atoms with Crippen LogP contribution in [0, 0.1) is 0 Å². The van der Waals surface area contributed by atoms with Gasteiger partial charge >= 0.3 is 0 Å². The highest BCUT2D eigenvalue weighted by molar-refractivity contribution is 5.40. The van der Waals surface area contributed by atoms with Crippen molar-refractivity contribution in [2.45, 2.75) is 25.9 Å². The Morgan fingerprint density at radius 2 is 2.24 bits per heavy atom. The van der Waals surface area contributed by atoms with Gasteiger partial charge in [0.1, 0.15) is 5.75 Å². The third-order valence-corrected chi connectivity index (χ3v) is 3.83. The molecule has 0 saturated heterocycles. The van der Waals surface area contributed by atoms with Crippen LogP contribution in [0.1, 0.15) is 29.7 Å². The molecule has 0 fully saturated rings. The van der Waals surface area contributed by atoms with Crippen molar-refractivity contribution in [3.8, 4) is 11.6 Å². The Morgan fingerprint density at radius 1 is 1.33 bits per heavy atom. The molecule has 2 aromatic rings. The van der Waals surface area contributed by atoms with E-state index in [4.69, 9.17) is 9.47 Å². The third kappa shape index (κ3) is 3.16. The first-order chi connectivity index (χ1) is 10.3. The Balaban J connectivity index is 1.61. The molecule has 0 saturated carbocycles. The van der Waals surface area contributed by atoms with Gasteiger partial charge in [-0.25, -0.2) is 4.98 Å². The van der Waals surface area contributed by atoms with Crippen molar-refractivity contribution in [2.24, 2.45) is 0 Å². The van der Waals surface area contributed by atoms with E-state index in [-0.39, 0.29) is 6.04 Å². The van der Waals surface area contributed by atoms with E-state index < -0.39 is 0 Å². The van der Waals surface area contributed by atoms with E-state index in [1.165, 1.54) is 11.1 Å². The lowest BCUT2D eigenvalue weighted by Crippen LogP contribution is -2.18. The molecule has 1 aliphatic rings. The maximum Gasteiger partial charge on any atom is 0.212 e. The minimum atomic E-state index is 0.290. The summed E-state index contributed by atoms with van der Waals surface area (Å²) in [6, 6.07) is 10.7. The summed E-state index contributed by atoms with van der Waals surface area (Å²) in [5.74, 6) is 1.68. The molecule has 1 unspecified atom stereocenters. The van der Waals surface area contributed by atoms with E-state index in [1.807, 2.05) is 18.3 Å². The highest BCUT2D eigenvalue weighted by Crippen LogP contribution is 2.28. The molecule has 1 N–H and O–H groups in total. The zero-order chi connectivity index (χ0) is 14.7. The van der Waals surface area contributed by atoms with E-state index in [1.54, 1.807) is 7.11 Å². The first kappa shape index (κ1) is 13.9. The molecule has 1 aromatic heterocycles. The second kappa shape index (κ2) is 6.14. The maximum absolute atomic E-state index is 5.54. The van der Waals surface area contributed by atoms with E-state index in [9.17, 15) is 0 Å². The Kier molecular flexibility index (Phi) is 4.06. The van der Waals surface area contributed by atoms with Gasteiger partial charge in [0.25, 0.3) is 0 Å². The molecule has 0 aliphatic carbocycles. The molecule has 0 radical (unpaired) electrons. The number of ether oxygens (including phenoxy) is 2. The van der Waals surface area contributed by atoms with Crippen LogP contribution in [0.25, 0.3) is 0 Å². The Bertz CT molecular complexity index is 611. The largest absolute Gasteiger partial charge is 0.493 e. The van der Waals surface area contributed by atoms with Gasteiger partial charge in [0.2, 0.25) is 5.88 Å². The van der Waals surface area contributed by atoms with Gasteiger partial charge in [0, 0.05) is 31.3 Å². The Morgan fingerprint density at radius 3 is 3.00 bits per heavy atom. The van der Waals surface area contributed by atoms with Crippen molar-refractivity contribution in [2.75, 3.05) is 13.7 Å². The normalized spacial score (nSPS) is 14.4. The van der Waals surface area contributed by atoms with Crippen LogP contribution in [0.15, 0.2) is 36.5 Å². The molecule has 0 bridgehead atoms. The number of fused-ring (bicyclic) bond motifs is 1. The molecule has 110 valence electrons. The summed E-state index contributed by atoms with van der Waals surface area (Å²) >= 11 is 0. The molecule has 2 heterocycles. The van der Waals surface area contributed by atoms with Crippen LogP contribution >= 0.6 is 0 Å². The average Bonchev–Trinajstić information content (AvgIpc) is 3.00. The third-order valence-electron chi connectivity index (χ3n) is 3.83. The maximum atomic E-state index is 5.54. The molecule has 21 heavy (non-hydrogen) atoms. The van der Waals surface area contributed by atoms with Gasteiger partial charge in [-0.1, -0.05) is 18.2 Å².